The Morgan fingerprint density at radius 1 is 1.18 bits per heavy atom. The zero-order valence-corrected chi connectivity index (χ0v) is 8.65. The first-order valence-corrected chi connectivity index (χ1v) is 6.87. The number of benzene rings is 1. The summed E-state index contributed by atoms with van der Waals surface area (Å²) in [5, 5.41) is 0. The monoisotopic (exact) mass is 258 g/mol. The van der Waals surface area contributed by atoms with Gasteiger partial charge < -0.3 is 0 Å². The van der Waals surface area contributed by atoms with Crippen LogP contribution in [-0.2, 0) is 0 Å². The topological polar surface area (TPSA) is 0 Å². The lowest BCUT2D eigenvalue weighted by Gasteiger charge is -1.87. The molecule has 0 fully saturated rings. The van der Waals surface area contributed by atoms with E-state index in [2.05, 4.69) is 45.4 Å². The Morgan fingerprint density at radius 2 is 1.91 bits per heavy atom. The molecular weight excluding hydrogens is 247 g/mol. The van der Waals surface area contributed by atoms with Crippen LogP contribution < -0.4 is 0 Å². The quantitative estimate of drug-likeness (QED) is 0.564. The molecule has 0 unspecified atom stereocenters. The second-order valence-corrected chi connectivity index (χ2v) is 4.08. The van der Waals surface area contributed by atoms with Crippen molar-refractivity contribution in [2.45, 2.75) is 0 Å². The maximum atomic E-state index is 2.26. The van der Waals surface area contributed by atoms with Gasteiger partial charge in [0.25, 0.3) is 0 Å². The number of alkyl halides is 1. The molecule has 0 aliphatic carbocycles. The highest BCUT2D eigenvalue weighted by Crippen LogP contribution is 2.00. The molecule has 0 spiro atoms. The molecule has 0 aromatic heterocycles. The van der Waals surface area contributed by atoms with Gasteiger partial charge in [-0.25, -0.2) is 0 Å². The van der Waals surface area contributed by atoms with Crippen molar-refractivity contribution < 1.29 is 0 Å². The summed E-state index contributed by atoms with van der Waals surface area (Å²) in [5.74, 6) is 0. The molecule has 0 atom stereocenters. The van der Waals surface area contributed by atoms with Crippen LogP contribution in [0.5, 0.6) is 0 Å². The van der Waals surface area contributed by atoms with E-state index in [-0.39, 0.29) is 0 Å². The first-order valence-electron chi connectivity index (χ1n) is 3.46. The van der Waals surface area contributed by atoms with Crippen molar-refractivity contribution in [1.82, 2.24) is 0 Å². The number of hydrogen-bond acceptors (Lipinski definition) is 0. The van der Waals surface area contributed by atoms with Crippen molar-refractivity contribution >= 4 is 30.8 Å². The lowest BCUT2D eigenvalue weighted by Crippen LogP contribution is -1.67. The molecule has 0 heterocycles. The SMILES string of the molecule is CI=C/C=C\c1ccccc1. The lowest BCUT2D eigenvalue weighted by atomic mass is 10.2. The Kier molecular flexibility index (Phi) is 4.12. The fourth-order valence-electron chi connectivity index (χ4n) is 0.784. The highest BCUT2D eigenvalue weighted by atomic mass is 127. The smallest absolute Gasteiger partial charge is 0.0169 e. The number of allylic oxidation sites excluding steroid dienone is 1. The summed E-state index contributed by atoms with van der Waals surface area (Å²) >= 11 is 0.297. The largest absolute Gasteiger partial charge is 0.126 e. The predicted molar refractivity (Wildman–Crippen MR) is 61.5 cm³/mol. The Bertz CT molecular complexity index is 247. The summed E-state index contributed by atoms with van der Waals surface area (Å²) in [5.41, 5.74) is 1.28. The molecule has 0 aliphatic rings. The molecule has 0 saturated carbocycles. The highest BCUT2D eigenvalue weighted by molar-refractivity contribution is 14.2. The van der Waals surface area contributed by atoms with E-state index in [1.165, 1.54) is 5.56 Å². The third-order valence-electron chi connectivity index (χ3n) is 1.29. The minimum Gasteiger partial charge on any atom is -0.126 e. The molecule has 0 N–H and O–H groups in total. The molecule has 0 amide bonds. The van der Waals surface area contributed by atoms with Gasteiger partial charge in [-0.15, -0.1) is 20.7 Å². The molecule has 0 nitrogen and oxygen atoms in total. The van der Waals surface area contributed by atoms with Gasteiger partial charge in [0, 0.05) is 0 Å². The normalized spacial score (nSPS) is 12.1. The van der Waals surface area contributed by atoms with Gasteiger partial charge in [0.15, 0.2) is 0 Å². The highest BCUT2D eigenvalue weighted by Gasteiger charge is 1.78. The van der Waals surface area contributed by atoms with E-state index in [0.29, 0.717) is 20.7 Å². The maximum absolute atomic E-state index is 2.26. The average molecular weight is 258 g/mol. The van der Waals surface area contributed by atoms with Crippen LogP contribution in [0.4, 0.5) is 0 Å². The van der Waals surface area contributed by atoms with Gasteiger partial charge in [0.05, 0.1) is 0 Å². The second kappa shape index (κ2) is 5.24. The van der Waals surface area contributed by atoms with E-state index in [4.69, 9.17) is 0 Å². The molecule has 0 radical (unpaired) electrons. The van der Waals surface area contributed by atoms with E-state index in [9.17, 15) is 0 Å². The van der Waals surface area contributed by atoms with Gasteiger partial charge >= 0.3 is 0 Å². The molecule has 0 saturated heterocycles. The standard InChI is InChI=1S/C10H11I/c1-11-9-5-8-10-6-3-2-4-7-10/h2-9H,1H3/b8-5-. The van der Waals surface area contributed by atoms with Gasteiger partial charge in [-0.2, -0.15) is 0 Å². The summed E-state index contributed by atoms with van der Waals surface area (Å²) in [6.45, 7) is 0. The molecule has 0 bridgehead atoms. The fraction of sp³-hybridized carbons (Fsp3) is 0.100. The van der Waals surface area contributed by atoms with E-state index in [1.807, 2.05) is 6.07 Å². The van der Waals surface area contributed by atoms with Crippen molar-refractivity contribution in [2.24, 2.45) is 0 Å². The Balaban J connectivity index is 2.64. The summed E-state index contributed by atoms with van der Waals surface area (Å²) in [7, 11) is 0. The molecule has 1 heteroatoms. The fourth-order valence-corrected chi connectivity index (χ4v) is 1.41. The molecular formula is C10H11I. The summed E-state index contributed by atoms with van der Waals surface area (Å²) in [6.07, 6.45) is 4.28. The summed E-state index contributed by atoms with van der Waals surface area (Å²) in [4.78, 5) is 2.24. The van der Waals surface area contributed by atoms with Gasteiger partial charge in [-0.05, 0) is 14.5 Å². The first-order chi connectivity index (χ1) is 5.43. The van der Waals surface area contributed by atoms with Crippen LogP contribution in [0, 0.1) is 0 Å². The van der Waals surface area contributed by atoms with Gasteiger partial charge in [-0.1, -0.05) is 42.5 Å². The van der Waals surface area contributed by atoms with Crippen molar-refractivity contribution in [3.8, 4) is 0 Å². The summed E-state index contributed by atoms with van der Waals surface area (Å²) in [6, 6.07) is 10.4. The van der Waals surface area contributed by atoms with Crippen molar-refractivity contribution in [3.63, 3.8) is 0 Å². The van der Waals surface area contributed by atoms with Gasteiger partial charge in [0.1, 0.15) is 0 Å². The molecule has 11 heavy (non-hydrogen) atoms. The van der Waals surface area contributed by atoms with Crippen LogP contribution in [0.25, 0.3) is 6.08 Å². The van der Waals surface area contributed by atoms with E-state index >= 15 is 0 Å². The van der Waals surface area contributed by atoms with Crippen molar-refractivity contribution in [3.05, 3.63) is 42.0 Å². The van der Waals surface area contributed by atoms with Crippen LogP contribution >= 0.6 is 20.7 Å². The zero-order chi connectivity index (χ0) is 7.94. The maximum Gasteiger partial charge on any atom is -0.0169 e. The Hall–Kier alpha value is -0.440. The number of rotatable bonds is 2. The van der Waals surface area contributed by atoms with Crippen LogP contribution in [0.2, 0.25) is 0 Å². The molecule has 0 aliphatic heterocycles. The third kappa shape index (κ3) is 3.46. The van der Waals surface area contributed by atoms with Crippen LogP contribution in [0.1, 0.15) is 5.56 Å². The molecule has 1 aromatic carbocycles. The first kappa shape index (κ1) is 8.65. The minimum absolute atomic E-state index is 0.297. The number of hydrogen-bond donors (Lipinski definition) is 0. The van der Waals surface area contributed by atoms with Crippen molar-refractivity contribution in [1.29, 1.82) is 0 Å². The lowest BCUT2D eigenvalue weighted by molar-refractivity contribution is 1.66. The number of halogens is 1. The minimum atomic E-state index is 0.297. The van der Waals surface area contributed by atoms with Crippen LogP contribution in [0.3, 0.4) is 0 Å². The van der Waals surface area contributed by atoms with Crippen LogP contribution in [-0.4, -0.2) is 8.94 Å². The second-order valence-electron chi connectivity index (χ2n) is 2.11. The molecule has 1 rings (SSSR count). The Labute approximate surface area is 77.7 Å². The van der Waals surface area contributed by atoms with E-state index < -0.39 is 0 Å². The predicted octanol–water partition coefficient (Wildman–Crippen LogP) is 3.10. The van der Waals surface area contributed by atoms with E-state index in [0.717, 1.165) is 0 Å². The zero-order valence-electron chi connectivity index (χ0n) is 6.50. The average Bonchev–Trinajstić information content (AvgIpc) is 2.07. The van der Waals surface area contributed by atoms with Crippen molar-refractivity contribution in [2.75, 3.05) is 4.93 Å². The Morgan fingerprint density at radius 3 is 2.55 bits per heavy atom. The molecule has 58 valence electrons. The van der Waals surface area contributed by atoms with Crippen LogP contribution in [0.15, 0.2) is 36.4 Å². The van der Waals surface area contributed by atoms with Gasteiger partial charge in [0.2, 0.25) is 0 Å². The summed E-state index contributed by atoms with van der Waals surface area (Å²) < 4.78 is 2.26. The van der Waals surface area contributed by atoms with Gasteiger partial charge in [-0.3, -0.25) is 0 Å². The third-order valence-corrected chi connectivity index (χ3v) is 2.42. The van der Waals surface area contributed by atoms with E-state index in [1.54, 1.807) is 0 Å². The molecule has 1 aromatic rings.